The second kappa shape index (κ2) is 7.83. The molecular formula is C30H35NO2. The fourth-order valence-electron chi connectivity index (χ4n) is 4.73. The number of benzene rings is 2. The number of nitrogens with zero attached hydrogens (tertiary/aromatic N) is 1. The van der Waals surface area contributed by atoms with E-state index in [1.807, 2.05) is 18.2 Å². The van der Waals surface area contributed by atoms with Crippen molar-refractivity contribution in [3.05, 3.63) is 94.1 Å². The minimum Gasteiger partial charge on any atom is -0.379 e. The van der Waals surface area contributed by atoms with Crippen molar-refractivity contribution in [2.75, 3.05) is 0 Å². The first-order valence-corrected chi connectivity index (χ1v) is 11.7. The van der Waals surface area contributed by atoms with E-state index in [0.29, 0.717) is 0 Å². The summed E-state index contributed by atoms with van der Waals surface area (Å²) in [5.41, 5.74) is 5.62. The topological polar surface area (TPSA) is 38.7 Å². The summed E-state index contributed by atoms with van der Waals surface area (Å²) < 4.78 is 0. The van der Waals surface area contributed by atoms with E-state index in [2.05, 4.69) is 103 Å². The quantitative estimate of drug-likeness (QED) is 0.499. The lowest BCUT2D eigenvalue weighted by Gasteiger charge is -2.38. The van der Waals surface area contributed by atoms with E-state index in [4.69, 9.17) is 4.84 Å². The van der Waals surface area contributed by atoms with Crippen LogP contribution in [0.3, 0.4) is 0 Å². The molecule has 0 radical (unpaired) electrons. The Hall–Kier alpha value is -2.94. The summed E-state index contributed by atoms with van der Waals surface area (Å²) in [5, 5.41) is 4.69. The Morgan fingerprint density at radius 1 is 0.818 bits per heavy atom. The Labute approximate surface area is 198 Å². The molecule has 3 heteroatoms. The van der Waals surface area contributed by atoms with E-state index in [-0.39, 0.29) is 22.5 Å². The van der Waals surface area contributed by atoms with Crippen molar-refractivity contribution < 1.29 is 9.63 Å². The first-order valence-electron chi connectivity index (χ1n) is 11.7. The molecule has 0 N–H and O–H groups in total. The number of rotatable bonds is 2. The van der Waals surface area contributed by atoms with Crippen LogP contribution in [0.2, 0.25) is 0 Å². The van der Waals surface area contributed by atoms with Gasteiger partial charge in [-0.3, -0.25) is 4.79 Å². The standard InChI is InChI=1S/C30H35NO2/c1-19-14-15-22(16-20(19)2)26-25(21-12-10-9-11-13-21)30(33-31-26)17-23(28(3,4)5)27(32)24(18-30)29(6,7)8/h9-18,25H,1-8H3. The molecule has 0 saturated heterocycles. The van der Waals surface area contributed by atoms with E-state index >= 15 is 0 Å². The Bertz CT molecular complexity index is 1150. The van der Waals surface area contributed by atoms with Gasteiger partial charge in [-0.15, -0.1) is 0 Å². The molecule has 3 nitrogen and oxygen atoms in total. The monoisotopic (exact) mass is 441 g/mol. The van der Waals surface area contributed by atoms with Gasteiger partial charge >= 0.3 is 0 Å². The van der Waals surface area contributed by atoms with E-state index in [0.717, 1.165) is 28.0 Å². The smallest absolute Gasteiger partial charge is 0.187 e. The summed E-state index contributed by atoms with van der Waals surface area (Å²) in [6, 6.07) is 16.8. The fraction of sp³-hybridized carbons (Fsp3) is 0.400. The molecule has 1 heterocycles. The van der Waals surface area contributed by atoms with Gasteiger partial charge in [0, 0.05) is 16.7 Å². The number of Topliss-reactive ketones (excluding diaryl/α,β-unsaturated/α-hetero) is 1. The van der Waals surface area contributed by atoms with E-state index in [9.17, 15) is 4.79 Å². The minimum absolute atomic E-state index is 0.107. The molecule has 172 valence electrons. The van der Waals surface area contributed by atoms with Gasteiger partial charge < -0.3 is 4.84 Å². The van der Waals surface area contributed by atoms with Crippen molar-refractivity contribution >= 4 is 11.5 Å². The molecule has 2 aliphatic rings. The number of aryl methyl sites for hydroxylation is 2. The molecule has 0 bridgehead atoms. The molecule has 0 aromatic heterocycles. The molecule has 0 amide bonds. The largest absolute Gasteiger partial charge is 0.379 e. The third-order valence-electron chi connectivity index (χ3n) is 6.81. The maximum Gasteiger partial charge on any atom is 0.187 e. The highest BCUT2D eigenvalue weighted by Gasteiger charge is 2.52. The van der Waals surface area contributed by atoms with Gasteiger partial charge in [-0.05, 0) is 59.6 Å². The van der Waals surface area contributed by atoms with E-state index in [1.165, 1.54) is 11.1 Å². The first-order chi connectivity index (χ1) is 15.3. The van der Waals surface area contributed by atoms with Crippen LogP contribution in [0, 0.1) is 24.7 Å². The number of hydrogen-bond acceptors (Lipinski definition) is 3. The average Bonchev–Trinajstić information content (AvgIpc) is 3.09. The van der Waals surface area contributed by atoms with Gasteiger partial charge in [-0.1, -0.05) is 89.2 Å². The molecule has 1 aliphatic carbocycles. The molecule has 2 aromatic carbocycles. The van der Waals surface area contributed by atoms with Crippen molar-refractivity contribution in [2.24, 2.45) is 16.0 Å². The molecule has 4 rings (SSSR count). The van der Waals surface area contributed by atoms with E-state index in [1.54, 1.807) is 0 Å². The number of carbonyl (C=O) groups is 1. The van der Waals surface area contributed by atoms with Gasteiger partial charge in [0.2, 0.25) is 0 Å². The molecule has 1 spiro atoms. The zero-order valence-corrected chi connectivity index (χ0v) is 21.1. The Balaban J connectivity index is 1.97. The van der Waals surface area contributed by atoms with Crippen LogP contribution >= 0.6 is 0 Å². The second-order valence-corrected chi connectivity index (χ2v) is 11.5. The lowest BCUT2D eigenvalue weighted by Crippen LogP contribution is -2.41. The molecule has 0 saturated carbocycles. The van der Waals surface area contributed by atoms with Crippen LogP contribution in [0.4, 0.5) is 0 Å². The molecule has 1 aliphatic heterocycles. The van der Waals surface area contributed by atoms with Crippen molar-refractivity contribution in [3.63, 3.8) is 0 Å². The van der Waals surface area contributed by atoms with Crippen LogP contribution in [0.15, 0.2) is 77.0 Å². The van der Waals surface area contributed by atoms with Crippen LogP contribution in [-0.2, 0) is 9.63 Å². The highest BCUT2D eigenvalue weighted by atomic mass is 16.7. The minimum atomic E-state index is -0.853. The molecular weight excluding hydrogens is 406 g/mol. The van der Waals surface area contributed by atoms with Crippen molar-refractivity contribution in [3.8, 4) is 0 Å². The maximum absolute atomic E-state index is 13.6. The summed E-state index contributed by atoms with van der Waals surface area (Å²) in [6.07, 6.45) is 4.08. The van der Waals surface area contributed by atoms with Gasteiger partial charge in [0.05, 0.1) is 11.6 Å². The lowest BCUT2D eigenvalue weighted by molar-refractivity contribution is -0.114. The first kappa shape index (κ1) is 23.2. The summed E-state index contributed by atoms with van der Waals surface area (Å²) in [5.74, 6) is -0.0562. The third kappa shape index (κ3) is 4.10. The number of allylic oxidation sites excluding steroid dienone is 2. The van der Waals surface area contributed by atoms with Gasteiger partial charge in [0.15, 0.2) is 11.4 Å². The Kier molecular flexibility index (Phi) is 5.51. The maximum atomic E-state index is 13.6. The molecule has 0 fully saturated rings. The van der Waals surface area contributed by atoms with Crippen molar-refractivity contribution in [1.29, 1.82) is 0 Å². The molecule has 1 atom stereocenters. The summed E-state index contributed by atoms with van der Waals surface area (Å²) in [7, 11) is 0. The number of carbonyl (C=O) groups excluding carboxylic acids is 1. The Morgan fingerprint density at radius 3 is 1.91 bits per heavy atom. The average molecular weight is 442 g/mol. The highest BCUT2D eigenvalue weighted by Crippen LogP contribution is 2.49. The SMILES string of the molecule is Cc1ccc(C2=NOC3(C=C(C(C)(C)C)C(=O)C(C(C)(C)C)=C3)C2c2ccccc2)cc1C. The van der Waals surface area contributed by atoms with Crippen LogP contribution < -0.4 is 0 Å². The molecule has 2 aromatic rings. The van der Waals surface area contributed by atoms with Crippen LogP contribution in [0.25, 0.3) is 0 Å². The fourth-order valence-corrected chi connectivity index (χ4v) is 4.73. The zero-order valence-electron chi connectivity index (χ0n) is 21.1. The molecule has 33 heavy (non-hydrogen) atoms. The summed E-state index contributed by atoms with van der Waals surface area (Å²) in [6.45, 7) is 16.8. The predicted molar refractivity (Wildman–Crippen MR) is 136 cm³/mol. The highest BCUT2D eigenvalue weighted by molar-refractivity contribution is 6.13. The zero-order chi connectivity index (χ0) is 24.2. The van der Waals surface area contributed by atoms with E-state index < -0.39 is 5.60 Å². The number of hydrogen-bond donors (Lipinski definition) is 0. The molecule has 1 unspecified atom stereocenters. The van der Waals surface area contributed by atoms with Crippen LogP contribution in [0.5, 0.6) is 0 Å². The van der Waals surface area contributed by atoms with Crippen LogP contribution in [0.1, 0.15) is 69.7 Å². The van der Waals surface area contributed by atoms with Gasteiger partial charge in [0.25, 0.3) is 0 Å². The second-order valence-electron chi connectivity index (χ2n) is 11.5. The van der Waals surface area contributed by atoms with Crippen molar-refractivity contribution in [1.82, 2.24) is 0 Å². The Morgan fingerprint density at radius 2 is 1.39 bits per heavy atom. The van der Waals surface area contributed by atoms with Gasteiger partial charge in [-0.25, -0.2) is 0 Å². The third-order valence-corrected chi connectivity index (χ3v) is 6.81. The summed E-state index contributed by atoms with van der Waals surface area (Å²) >= 11 is 0. The predicted octanol–water partition coefficient (Wildman–Crippen LogP) is 7.09. The number of ketones is 1. The normalized spacial score (nSPS) is 20.3. The summed E-state index contributed by atoms with van der Waals surface area (Å²) in [4.78, 5) is 20.0. The van der Waals surface area contributed by atoms with Crippen molar-refractivity contribution in [2.45, 2.75) is 66.9 Å². The van der Waals surface area contributed by atoms with Crippen LogP contribution in [-0.4, -0.2) is 17.1 Å². The number of oxime groups is 1. The van der Waals surface area contributed by atoms with Gasteiger partial charge in [-0.2, -0.15) is 0 Å². The van der Waals surface area contributed by atoms with Gasteiger partial charge in [0.1, 0.15) is 0 Å². The lowest BCUT2D eigenvalue weighted by atomic mass is 9.65.